The highest BCUT2D eigenvalue weighted by molar-refractivity contribution is 5.96. The number of rotatable bonds is 6. The molecule has 0 amide bonds. The van der Waals surface area contributed by atoms with Crippen LogP contribution in [-0.4, -0.2) is 21.6 Å². The predicted octanol–water partition coefficient (Wildman–Crippen LogP) is 5.85. The van der Waals surface area contributed by atoms with E-state index < -0.39 is 5.97 Å². The first kappa shape index (κ1) is 20.4. The van der Waals surface area contributed by atoms with Gasteiger partial charge in [-0.05, 0) is 59.0 Å². The normalized spacial score (nSPS) is 11.1. The Morgan fingerprint density at radius 2 is 1.71 bits per heavy atom. The molecule has 5 heteroatoms. The minimum atomic E-state index is -0.895. The second-order valence-electron chi connectivity index (χ2n) is 7.78. The van der Waals surface area contributed by atoms with Gasteiger partial charge in [-0.3, -0.25) is 14.2 Å². The summed E-state index contributed by atoms with van der Waals surface area (Å²) < 4.78 is 7.43. The fraction of sp³-hybridized carbons (Fsp3) is 0.154. The molecule has 31 heavy (non-hydrogen) atoms. The Labute approximate surface area is 180 Å². The van der Waals surface area contributed by atoms with Crippen LogP contribution in [0.15, 0.2) is 83.4 Å². The molecule has 5 nitrogen and oxygen atoms in total. The molecule has 0 fully saturated rings. The quantitative estimate of drug-likeness (QED) is 0.430. The summed E-state index contributed by atoms with van der Waals surface area (Å²) in [6.07, 6.45) is 1.61. The topological polar surface area (TPSA) is 72.4 Å². The second-order valence-corrected chi connectivity index (χ2v) is 7.78. The average Bonchev–Trinajstić information content (AvgIpc) is 3.43. The van der Waals surface area contributed by atoms with Crippen LogP contribution in [-0.2, 0) is 11.2 Å². The Morgan fingerprint density at radius 1 is 0.935 bits per heavy atom. The van der Waals surface area contributed by atoms with Crippen LogP contribution < -0.4 is 0 Å². The van der Waals surface area contributed by atoms with Gasteiger partial charge in [0.2, 0.25) is 0 Å². The van der Waals surface area contributed by atoms with Crippen LogP contribution in [0.4, 0.5) is 0 Å². The predicted molar refractivity (Wildman–Crippen MR) is 119 cm³/mol. The average molecular weight is 413 g/mol. The maximum atomic E-state index is 13.2. The first-order chi connectivity index (χ1) is 14.9. The number of benzene rings is 2. The molecular formula is C26H23NO4. The molecule has 0 aliphatic carbocycles. The standard InChI is InChI=1S/C26H23NO4/c1-17(2)19-7-4-9-21(16-19)23-11-12-24(31-23)26(30)27-13-5-10-22(27)20-8-3-6-18(14-20)15-25(28)29/h3-14,16-17H,15H2,1-2H3,(H,28,29). The molecule has 1 N–H and O–H groups in total. The zero-order chi connectivity index (χ0) is 22.0. The highest BCUT2D eigenvalue weighted by Crippen LogP contribution is 2.28. The molecule has 0 spiro atoms. The number of nitrogens with zero attached hydrogens (tertiary/aromatic N) is 1. The van der Waals surface area contributed by atoms with Gasteiger partial charge in [-0.1, -0.05) is 50.2 Å². The lowest BCUT2D eigenvalue weighted by molar-refractivity contribution is -0.136. The Hall–Kier alpha value is -3.86. The molecule has 0 saturated carbocycles. The summed E-state index contributed by atoms with van der Waals surface area (Å²) in [5.41, 5.74) is 4.26. The molecule has 0 aliphatic heterocycles. The van der Waals surface area contributed by atoms with E-state index in [0.717, 1.165) is 11.1 Å². The Morgan fingerprint density at radius 3 is 2.48 bits per heavy atom. The lowest BCUT2D eigenvalue weighted by Crippen LogP contribution is -2.11. The van der Waals surface area contributed by atoms with Crippen molar-refractivity contribution < 1.29 is 19.1 Å². The third-order valence-corrected chi connectivity index (χ3v) is 5.20. The minimum absolute atomic E-state index is 0.0700. The van der Waals surface area contributed by atoms with Crippen molar-refractivity contribution in [3.8, 4) is 22.6 Å². The number of carboxylic acids is 1. The number of aliphatic carboxylic acids is 1. The molecule has 2 heterocycles. The van der Waals surface area contributed by atoms with E-state index in [-0.39, 0.29) is 18.1 Å². The van der Waals surface area contributed by atoms with E-state index in [1.54, 1.807) is 36.5 Å². The molecule has 2 aromatic carbocycles. The van der Waals surface area contributed by atoms with Crippen LogP contribution in [0.5, 0.6) is 0 Å². The lowest BCUT2D eigenvalue weighted by atomic mass is 10.0. The van der Waals surface area contributed by atoms with Gasteiger partial charge in [0.25, 0.3) is 5.91 Å². The van der Waals surface area contributed by atoms with E-state index in [4.69, 9.17) is 9.52 Å². The molecule has 0 radical (unpaired) electrons. The zero-order valence-corrected chi connectivity index (χ0v) is 17.4. The summed E-state index contributed by atoms with van der Waals surface area (Å²) in [6.45, 7) is 4.27. The van der Waals surface area contributed by atoms with E-state index in [1.165, 1.54) is 10.1 Å². The molecule has 0 aliphatic rings. The fourth-order valence-corrected chi connectivity index (χ4v) is 3.59. The van der Waals surface area contributed by atoms with E-state index in [9.17, 15) is 9.59 Å². The van der Waals surface area contributed by atoms with Crippen LogP contribution in [0.3, 0.4) is 0 Å². The molecule has 0 unspecified atom stereocenters. The number of carbonyl (C=O) groups excluding carboxylic acids is 1. The summed E-state index contributed by atoms with van der Waals surface area (Å²) >= 11 is 0. The highest BCUT2D eigenvalue weighted by Gasteiger charge is 2.18. The van der Waals surface area contributed by atoms with Crippen LogP contribution in [0.25, 0.3) is 22.6 Å². The van der Waals surface area contributed by atoms with Gasteiger partial charge in [-0.15, -0.1) is 0 Å². The fourth-order valence-electron chi connectivity index (χ4n) is 3.59. The molecule has 4 rings (SSSR count). The monoisotopic (exact) mass is 413 g/mol. The smallest absolute Gasteiger partial charge is 0.307 e. The van der Waals surface area contributed by atoms with E-state index >= 15 is 0 Å². The maximum Gasteiger partial charge on any atom is 0.307 e. The first-order valence-corrected chi connectivity index (χ1v) is 10.2. The summed E-state index contributed by atoms with van der Waals surface area (Å²) in [5, 5.41) is 9.05. The third kappa shape index (κ3) is 4.36. The van der Waals surface area contributed by atoms with Crippen molar-refractivity contribution >= 4 is 11.9 Å². The zero-order valence-electron chi connectivity index (χ0n) is 17.4. The van der Waals surface area contributed by atoms with Crippen LogP contribution in [0, 0.1) is 0 Å². The van der Waals surface area contributed by atoms with Crippen molar-refractivity contribution in [3.05, 3.63) is 95.9 Å². The first-order valence-electron chi connectivity index (χ1n) is 10.2. The molecule has 0 bridgehead atoms. The Bertz CT molecular complexity index is 1250. The molecule has 4 aromatic rings. The van der Waals surface area contributed by atoms with Gasteiger partial charge in [0.05, 0.1) is 12.1 Å². The number of furan rings is 1. The third-order valence-electron chi connectivity index (χ3n) is 5.20. The summed E-state index contributed by atoms with van der Waals surface area (Å²) in [6, 6.07) is 22.4. The van der Waals surface area contributed by atoms with E-state index in [2.05, 4.69) is 26.0 Å². The van der Waals surface area contributed by atoms with Crippen LogP contribution in [0.1, 0.15) is 41.4 Å². The maximum absolute atomic E-state index is 13.2. The summed E-state index contributed by atoms with van der Waals surface area (Å²) in [4.78, 5) is 24.2. The molecule has 0 atom stereocenters. The van der Waals surface area contributed by atoms with Gasteiger partial charge >= 0.3 is 5.97 Å². The van der Waals surface area contributed by atoms with Crippen molar-refractivity contribution in [3.63, 3.8) is 0 Å². The largest absolute Gasteiger partial charge is 0.481 e. The summed E-state index contributed by atoms with van der Waals surface area (Å²) in [5.74, 6) is 0.102. The SMILES string of the molecule is CC(C)c1cccc(-c2ccc(C(=O)n3cccc3-c3cccc(CC(=O)O)c3)o2)c1. The number of hydrogen-bond donors (Lipinski definition) is 1. The van der Waals surface area contributed by atoms with Crippen molar-refractivity contribution in [2.45, 2.75) is 26.2 Å². The second kappa shape index (κ2) is 8.48. The van der Waals surface area contributed by atoms with Gasteiger partial charge in [-0.2, -0.15) is 0 Å². The molecule has 2 aromatic heterocycles. The molecule has 0 saturated heterocycles. The van der Waals surface area contributed by atoms with Gasteiger partial charge in [0.1, 0.15) is 5.76 Å². The van der Waals surface area contributed by atoms with Gasteiger partial charge in [0, 0.05) is 11.8 Å². The van der Waals surface area contributed by atoms with Crippen molar-refractivity contribution in [1.29, 1.82) is 0 Å². The van der Waals surface area contributed by atoms with Crippen LogP contribution >= 0.6 is 0 Å². The Kier molecular flexibility index (Phi) is 5.58. The van der Waals surface area contributed by atoms with Crippen molar-refractivity contribution in [2.24, 2.45) is 0 Å². The number of hydrogen-bond acceptors (Lipinski definition) is 3. The van der Waals surface area contributed by atoms with Gasteiger partial charge in [0.15, 0.2) is 5.76 Å². The highest BCUT2D eigenvalue weighted by atomic mass is 16.4. The summed E-state index contributed by atoms with van der Waals surface area (Å²) in [7, 11) is 0. The van der Waals surface area contributed by atoms with Gasteiger partial charge < -0.3 is 9.52 Å². The molecule has 156 valence electrons. The molecular weight excluding hydrogens is 390 g/mol. The van der Waals surface area contributed by atoms with E-state index in [1.807, 2.05) is 30.3 Å². The number of carbonyl (C=O) groups is 2. The lowest BCUT2D eigenvalue weighted by Gasteiger charge is -2.08. The van der Waals surface area contributed by atoms with Crippen molar-refractivity contribution in [1.82, 2.24) is 4.57 Å². The number of carboxylic acid groups (broad SMARTS) is 1. The van der Waals surface area contributed by atoms with E-state index in [0.29, 0.717) is 22.9 Å². The van der Waals surface area contributed by atoms with Crippen molar-refractivity contribution in [2.75, 3.05) is 0 Å². The minimum Gasteiger partial charge on any atom is -0.481 e. The Balaban J connectivity index is 1.64. The van der Waals surface area contributed by atoms with Crippen LogP contribution in [0.2, 0.25) is 0 Å². The van der Waals surface area contributed by atoms with Gasteiger partial charge in [-0.25, -0.2) is 0 Å². The number of aromatic nitrogens is 1.